The SMILES string of the molecule is COCCn1cc(C(=O)N2CCC(c3cc(CN)ccc3F)CC2)c2c(CCC(C)(C)O)cccc21.Cl. The second-order valence-electron chi connectivity index (χ2n) is 10.5. The van der Waals surface area contributed by atoms with Gasteiger partial charge in [0.15, 0.2) is 0 Å². The number of amides is 1. The van der Waals surface area contributed by atoms with Gasteiger partial charge in [-0.25, -0.2) is 4.39 Å². The third-order valence-electron chi connectivity index (χ3n) is 7.28. The number of aryl methyl sites for hydroxylation is 1. The van der Waals surface area contributed by atoms with Crippen molar-refractivity contribution in [1.29, 1.82) is 0 Å². The van der Waals surface area contributed by atoms with Gasteiger partial charge in [0.1, 0.15) is 5.82 Å². The molecular formula is C29H39ClFN3O3. The summed E-state index contributed by atoms with van der Waals surface area (Å²) in [5.74, 6) is -0.123. The molecule has 0 atom stereocenters. The predicted molar refractivity (Wildman–Crippen MR) is 148 cm³/mol. The van der Waals surface area contributed by atoms with Gasteiger partial charge in [0.25, 0.3) is 5.91 Å². The highest BCUT2D eigenvalue weighted by molar-refractivity contribution is 6.08. The second kappa shape index (κ2) is 12.4. The number of hydrogen-bond donors (Lipinski definition) is 2. The van der Waals surface area contributed by atoms with E-state index in [1.165, 1.54) is 6.07 Å². The first-order chi connectivity index (χ1) is 17.2. The van der Waals surface area contributed by atoms with E-state index in [1.54, 1.807) is 27.0 Å². The van der Waals surface area contributed by atoms with Crippen LogP contribution in [0.3, 0.4) is 0 Å². The zero-order valence-electron chi connectivity index (χ0n) is 22.0. The minimum Gasteiger partial charge on any atom is -0.390 e. The molecule has 0 saturated carbocycles. The lowest BCUT2D eigenvalue weighted by Gasteiger charge is -2.32. The number of ether oxygens (including phenoxy) is 1. The number of hydrogen-bond acceptors (Lipinski definition) is 4. The molecule has 0 spiro atoms. The summed E-state index contributed by atoms with van der Waals surface area (Å²) >= 11 is 0. The Morgan fingerprint density at radius 2 is 1.95 bits per heavy atom. The van der Waals surface area contributed by atoms with E-state index >= 15 is 0 Å². The van der Waals surface area contributed by atoms with E-state index in [1.807, 2.05) is 35.4 Å². The van der Waals surface area contributed by atoms with Crippen molar-refractivity contribution >= 4 is 29.2 Å². The number of methoxy groups -OCH3 is 1. The van der Waals surface area contributed by atoms with Gasteiger partial charge in [-0.15, -0.1) is 12.4 Å². The van der Waals surface area contributed by atoms with Gasteiger partial charge in [-0.2, -0.15) is 0 Å². The van der Waals surface area contributed by atoms with Crippen LogP contribution in [0.4, 0.5) is 4.39 Å². The molecule has 8 heteroatoms. The maximum absolute atomic E-state index is 14.5. The third kappa shape index (κ3) is 6.71. The summed E-state index contributed by atoms with van der Waals surface area (Å²) in [5, 5.41) is 11.2. The number of carbonyl (C=O) groups is 1. The Balaban J connectivity index is 0.00000380. The number of carbonyl (C=O) groups excluding carboxylic acids is 1. The van der Waals surface area contributed by atoms with Crippen LogP contribution in [-0.4, -0.2) is 52.9 Å². The number of aromatic nitrogens is 1. The van der Waals surface area contributed by atoms with Gasteiger partial charge in [-0.3, -0.25) is 4.79 Å². The van der Waals surface area contributed by atoms with Crippen LogP contribution < -0.4 is 5.73 Å². The summed E-state index contributed by atoms with van der Waals surface area (Å²) in [4.78, 5) is 15.7. The van der Waals surface area contributed by atoms with Gasteiger partial charge in [0.2, 0.25) is 0 Å². The third-order valence-corrected chi connectivity index (χ3v) is 7.28. The molecule has 37 heavy (non-hydrogen) atoms. The van der Waals surface area contributed by atoms with Gasteiger partial charge >= 0.3 is 0 Å². The lowest BCUT2D eigenvalue weighted by molar-refractivity contribution is 0.0712. The minimum atomic E-state index is -0.788. The molecule has 0 radical (unpaired) electrons. The summed E-state index contributed by atoms with van der Waals surface area (Å²) in [5.41, 5.74) is 9.34. The Labute approximate surface area is 225 Å². The van der Waals surface area contributed by atoms with E-state index in [-0.39, 0.29) is 30.0 Å². The standard InChI is InChI=1S/C29H38FN3O3.ClH/c1-29(2,35)12-9-22-5-4-6-26-27(22)24(19-33(26)15-16-36-3)28(34)32-13-10-21(11-14-32)23-17-20(18-31)7-8-25(23)30;/h4-8,17,19,21,35H,9-16,18,31H2,1-3H3;1H. The lowest BCUT2D eigenvalue weighted by Crippen LogP contribution is -2.38. The summed E-state index contributed by atoms with van der Waals surface area (Å²) in [7, 11) is 1.67. The Morgan fingerprint density at radius 3 is 2.59 bits per heavy atom. The van der Waals surface area contributed by atoms with Crippen LogP contribution in [0.5, 0.6) is 0 Å². The van der Waals surface area contributed by atoms with E-state index in [0.717, 1.165) is 22.0 Å². The average molecular weight is 532 g/mol. The van der Waals surface area contributed by atoms with E-state index < -0.39 is 5.60 Å². The molecule has 4 rings (SSSR count). The van der Waals surface area contributed by atoms with Gasteiger partial charge < -0.3 is 25.0 Å². The molecule has 1 saturated heterocycles. The lowest BCUT2D eigenvalue weighted by atomic mass is 9.88. The van der Waals surface area contributed by atoms with Crippen LogP contribution in [0.1, 0.15) is 66.1 Å². The van der Waals surface area contributed by atoms with Crippen molar-refractivity contribution in [3.8, 4) is 0 Å². The normalized spacial score (nSPS) is 14.7. The van der Waals surface area contributed by atoms with Crippen molar-refractivity contribution in [2.45, 2.75) is 64.1 Å². The Kier molecular flexibility index (Phi) is 9.75. The number of nitrogens with two attached hydrogens (primary N) is 1. The Bertz CT molecular complexity index is 1210. The molecule has 2 heterocycles. The number of rotatable bonds is 9. The first-order valence-corrected chi connectivity index (χ1v) is 12.8. The zero-order valence-corrected chi connectivity index (χ0v) is 22.8. The maximum Gasteiger partial charge on any atom is 0.256 e. The molecule has 6 nitrogen and oxygen atoms in total. The smallest absolute Gasteiger partial charge is 0.256 e. The highest BCUT2D eigenvalue weighted by Gasteiger charge is 2.29. The van der Waals surface area contributed by atoms with Crippen molar-refractivity contribution in [1.82, 2.24) is 9.47 Å². The van der Waals surface area contributed by atoms with E-state index in [9.17, 15) is 14.3 Å². The van der Waals surface area contributed by atoms with Gasteiger partial charge in [0.05, 0.1) is 17.8 Å². The second-order valence-corrected chi connectivity index (χ2v) is 10.5. The molecule has 3 aromatic rings. The highest BCUT2D eigenvalue weighted by Crippen LogP contribution is 2.33. The highest BCUT2D eigenvalue weighted by atomic mass is 35.5. The predicted octanol–water partition coefficient (Wildman–Crippen LogP) is 5.03. The van der Waals surface area contributed by atoms with Crippen LogP contribution in [0.2, 0.25) is 0 Å². The van der Waals surface area contributed by atoms with E-state index in [2.05, 4.69) is 4.57 Å². The van der Waals surface area contributed by atoms with Gasteiger partial charge in [-0.05, 0) is 74.3 Å². The number of nitrogens with zero attached hydrogens (tertiary/aromatic N) is 2. The fraction of sp³-hybridized carbons (Fsp3) is 0.483. The molecular weight excluding hydrogens is 493 g/mol. The number of halogens is 2. The van der Waals surface area contributed by atoms with Crippen molar-refractivity contribution < 1.29 is 19.0 Å². The van der Waals surface area contributed by atoms with Crippen LogP contribution in [-0.2, 0) is 24.2 Å². The summed E-state index contributed by atoms with van der Waals surface area (Å²) in [6, 6.07) is 11.2. The molecule has 0 unspecified atom stereocenters. The van der Waals surface area contributed by atoms with Crippen molar-refractivity contribution in [2.75, 3.05) is 26.8 Å². The number of fused-ring (bicyclic) bond motifs is 1. The molecule has 1 amide bonds. The van der Waals surface area contributed by atoms with E-state index in [0.29, 0.717) is 69.6 Å². The summed E-state index contributed by atoms with van der Waals surface area (Å²) in [6.45, 7) is 6.34. The van der Waals surface area contributed by atoms with Crippen molar-refractivity contribution in [3.63, 3.8) is 0 Å². The average Bonchev–Trinajstić information content (AvgIpc) is 3.25. The van der Waals surface area contributed by atoms with E-state index in [4.69, 9.17) is 10.5 Å². The van der Waals surface area contributed by atoms with Crippen LogP contribution >= 0.6 is 12.4 Å². The van der Waals surface area contributed by atoms with Crippen molar-refractivity contribution in [3.05, 3.63) is 70.7 Å². The fourth-order valence-electron chi connectivity index (χ4n) is 5.21. The van der Waals surface area contributed by atoms with Crippen LogP contribution in [0.25, 0.3) is 10.9 Å². The molecule has 0 bridgehead atoms. The molecule has 202 valence electrons. The largest absolute Gasteiger partial charge is 0.390 e. The van der Waals surface area contributed by atoms with Gasteiger partial charge in [0, 0.05) is 50.4 Å². The molecule has 1 aliphatic rings. The zero-order chi connectivity index (χ0) is 25.9. The molecule has 1 fully saturated rings. The van der Waals surface area contributed by atoms with Crippen LogP contribution in [0, 0.1) is 5.82 Å². The minimum absolute atomic E-state index is 0. The first kappa shape index (κ1) is 29.1. The molecule has 2 aromatic carbocycles. The Morgan fingerprint density at radius 1 is 1.22 bits per heavy atom. The number of piperidine rings is 1. The monoisotopic (exact) mass is 531 g/mol. The quantitative estimate of drug-likeness (QED) is 0.406. The number of aliphatic hydroxyl groups is 1. The molecule has 1 aliphatic heterocycles. The maximum atomic E-state index is 14.5. The number of likely N-dealkylation sites (tertiary alicyclic amines) is 1. The topological polar surface area (TPSA) is 80.7 Å². The molecule has 0 aliphatic carbocycles. The molecule has 3 N–H and O–H groups in total. The van der Waals surface area contributed by atoms with Crippen molar-refractivity contribution in [2.24, 2.45) is 5.73 Å². The molecule has 1 aromatic heterocycles. The summed E-state index contributed by atoms with van der Waals surface area (Å²) < 4.78 is 21.9. The fourth-order valence-corrected chi connectivity index (χ4v) is 5.21. The van der Waals surface area contributed by atoms with Crippen LogP contribution in [0.15, 0.2) is 42.6 Å². The first-order valence-electron chi connectivity index (χ1n) is 12.8. The number of benzene rings is 2. The summed E-state index contributed by atoms with van der Waals surface area (Å²) in [6.07, 6.45) is 4.64. The Hall–Kier alpha value is -2.45. The van der Waals surface area contributed by atoms with Gasteiger partial charge in [-0.1, -0.05) is 24.3 Å².